The second-order valence-corrected chi connectivity index (χ2v) is 5.33. The Balaban J connectivity index is 1.34. The molecule has 0 aromatic carbocycles. The van der Waals surface area contributed by atoms with Gasteiger partial charge in [-0.05, 0) is 32.2 Å². The monoisotopic (exact) mass is 274 g/mol. The van der Waals surface area contributed by atoms with Crippen molar-refractivity contribution in [2.45, 2.75) is 51.7 Å². The summed E-state index contributed by atoms with van der Waals surface area (Å²) in [5.41, 5.74) is 0. The number of fused-ring (bicyclic) bond motifs is 1. The van der Waals surface area contributed by atoms with Crippen LogP contribution in [0.5, 0.6) is 0 Å². The van der Waals surface area contributed by atoms with Crippen LogP contribution in [0.4, 0.5) is 0 Å². The van der Waals surface area contributed by atoms with Crippen LogP contribution in [0.25, 0.3) is 0 Å². The third-order valence-electron chi connectivity index (χ3n) is 3.80. The second-order valence-electron chi connectivity index (χ2n) is 5.33. The predicted molar refractivity (Wildman–Crippen MR) is 76.1 cm³/mol. The van der Waals surface area contributed by atoms with E-state index < -0.39 is 0 Å². The van der Waals surface area contributed by atoms with E-state index in [1.54, 1.807) is 0 Å². The Morgan fingerprint density at radius 1 is 1.20 bits per heavy atom. The molecule has 0 unspecified atom stereocenters. The Morgan fingerprint density at radius 2 is 2.20 bits per heavy atom. The van der Waals surface area contributed by atoms with Crippen molar-refractivity contribution in [1.29, 1.82) is 0 Å². The number of aromatic nitrogens is 5. The summed E-state index contributed by atoms with van der Waals surface area (Å²) in [4.78, 5) is 4.04. The molecule has 3 rings (SSSR count). The molecule has 0 bridgehead atoms. The van der Waals surface area contributed by atoms with Crippen LogP contribution in [-0.4, -0.2) is 30.9 Å². The number of unbranched alkanes of at least 4 members (excludes halogenated alkanes) is 1. The van der Waals surface area contributed by atoms with E-state index in [0.717, 1.165) is 44.2 Å². The number of aryl methyl sites for hydroxylation is 2. The van der Waals surface area contributed by atoms with Gasteiger partial charge in [0, 0.05) is 31.9 Å². The number of imidazole rings is 1. The Labute approximate surface area is 119 Å². The van der Waals surface area contributed by atoms with Crippen LogP contribution < -0.4 is 5.32 Å². The minimum absolute atomic E-state index is 0.831. The van der Waals surface area contributed by atoms with E-state index >= 15 is 0 Å². The Bertz CT molecular complexity index is 516. The lowest BCUT2D eigenvalue weighted by molar-refractivity contribution is 0.493. The zero-order chi connectivity index (χ0) is 13.6. The minimum atomic E-state index is 0.831. The molecule has 0 amide bonds. The number of hydrogen-bond donors (Lipinski definition) is 1. The molecule has 2 aromatic heterocycles. The molecule has 108 valence electrons. The summed E-state index contributed by atoms with van der Waals surface area (Å²) >= 11 is 0. The highest BCUT2D eigenvalue weighted by Crippen LogP contribution is 2.13. The first-order valence-corrected chi connectivity index (χ1v) is 7.51. The molecule has 0 atom stereocenters. The van der Waals surface area contributed by atoms with Gasteiger partial charge in [-0.25, -0.2) is 4.98 Å². The van der Waals surface area contributed by atoms with E-state index in [9.17, 15) is 0 Å². The second kappa shape index (κ2) is 6.65. The largest absolute Gasteiger partial charge is 0.337 e. The molecule has 0 fully saturated rings. The van der Waals surface area contributed by atoms with Crippen molar-refractivity contribution in [3.8, 4) is 0 Å². The molecule has 0 spiro atoms. The molecule has 1 aliphatic heterocycles. The molecule has 6 nitrogen and oxygen atoms in total. The van der Waals surface area contributed by atoms with Crippen molar-refractivity contribution >= 4 is 0 Å². The molecule has 6 heteroatoms. The summed E-state index contributed by atoms with van der Waals surface area (Å²) in [7, 11) is 0. The molecule has 2 aromatic rings. The highest BCUT2D eigenvalue weighted by Gasteiger charge is 2.14. The number of nitrogens with one attached hydrogen (secondary N) is 1. The highest BCUT2D eigenvalue weighted by atomic mass is 15.3. The van der Waals surface area contributed by atoms with E-state index in [1.165, 1.54) is 25.7 Å². The van der Waals surface area contributed by atoms with E-state index in [2.05, 4.69) is 29.6 Å². The van der Waals surface area contributed by atoms with Crippen LogP contribution >= 0.6 is 0 Å². The fourth-order valence-corrected chi connectivity index (χ4v) is 2.66. The van der Waals surface area contributed by atoms with Gasteiger partial charge in [0.2, 0.25) is 0 Å². The molecule has 20 heavy (non-hydrogen) atoms. The molecular formula is C14H22N6. The average molecular weight is 274 g/mol. The standard InChI is InChI=1S/C14H22N6/c1-3-9-20-13(5-1)17-18-14(20)11-15-6-2-4-8-19-10-7-16-12-19/h7,10,12,15H,1-6,8-9,11H2. The third kappa shape index (κ3) is 3.25. The maximum Gasteiger partial charge on any atom is 0.147 e. The van der Waals surface area contributed by atoms with E-state index in [0.29, 0.717) is 0 Å². The summed E-state index contributed by atoms with van der Waals surface area (Å²) < 4.78 is 4.40. The summed E-state index contributed by atoms with van der Waals surface area (Å²) in [6.45, 7) is 3.98. The van der Waals surface area contributed by atoms with Crippen molar-refractivity contribution in [2.75, 3.05) is 6.54 Å². The van der Waals surface area contributed by atoms with E-state index in [1.807, 2.05) is 18.7 Å². The zero-order valence-corrected chi connectivity index (χ0v) is 11.8. The summed E-state index contributed by atoms with van der Waals surface area (Å²) in [6, 6.07) is 0. The lowest BCUT2D eigenvalue weighted by Crippen LogP contribution is -2.20. The van der Waals surface area contributed by atoms with Gasteiger partial charge in [0.1, 0.15) is 11.6 Å². The highest BCUT2D eigenvalue weighted by molar-refractivity contribution is 4.98. The van der Waals surface area contributed by atoms with Gasteiger partial charge in [0.05, 0.1) is 12.9 Å². The zero-order valence-electron chi connectivity index (χ0n) is 11.8. The third-order valence-corrected chi connectivity index (χ3v) is 3.80. The van der Waals surface area contributed by atoms with Gasteiger partial charge in [-0.1, -0.05) is 0 Å². The number of hydrogen-bond acceptors (Lipinski definition) is 4. The van der Waals surface area contributed by atoms with Crippen LogP contribution in [0.2, 0.25) is 0 Å². The summed E-state index contributed by atoms with van der Waals surface area (Å²) in [5, 5.41) is 12.0. The maximum atomic E-state index is 4.29. The van der Waals surface area contributed by atoms with Crippen molar-refractivity contribution in [2.24, 2.45) is 0 Å². The molecule has 0 aliphatic carbocycles. The van der Waals surface area contributed by atoms with Crippen molar-refractivity contribution < 1.29 is 0 Å². The molecule has 0 saturated heterocycles. The topological polar surface area (TPSA) is 60.6 Å². The fraction of sp³-hybridized carbons (Fsp3) is 0.643. The van der Waals surface area contributed by atoms with Crippen molar-refractivity contribution in [3.05, 3.63) is 30.4 Å². The smallest absolute Gasteiger partial charge is 0.147 e. The Kier molecular flexibility index (Phi) is 4.42. The first kappa shape index (κ1) is 13.3. The van der Waals surface area contributed by atoms with Gasteiger partial charge in [0.25, 0.3) is 0 Å². The van der Waals surface area contributed by atoms with Gasteiger partial charge in [-0.2, -0.15) is 0 Å². The van der Waals surface area contributed by atoms with Crippen LogP contribution in [0.3, 0.4) is 0 Å². The molecule has 0 saturated carbocycles. The number of nitrogens with zero attached hydrogens (tertiary/aromatic N) is 5. The van der Waals surface area contributed by atoms with Gasteiger partial charge in [0.15, 0.2) is 0 Å². The summed E-state index contributed by atoms with van der Waals surface area (Å²) in [5.74, 6) is 2.25. The molecular weight excluding hydrogens is 252 g/mol. The summed E-state index contributed by atoms with van der Waals surface area (Å²) in [6.07, 6.45) is 11.6. The molecule has 3 heterocycles. The van der Waals surface area contributed by atoms with Crippen LogP contribution in [0.15, 0.2) is 18.7 Å². The van der Waals surface area contributed by atoms with E-state index in [-0.39, 0.29) is 0 Å². The molecule has 1 N–H and O–H groups in total. The number of rotatable bonds is 7. The predicted octanol–water partition coefficient (Wildman–Crippen LogP) is 1.38. The minimum Gasteiger partial charge on any atom is -0.337 e. The van der Waals surface area contributed by atoms with E-state index in [4.69, 9.17) is 0 Å². The quantitative estimate of drug-likeness (QED) is 0.775. The van der Waals surface area contributed by atoms with Gasteiger partial charge in [-0.3, -0.25) is 0 Å². The normalized spacial score (nSPS) is 14.4. The Hall–Kier alpha value is -1.69. The maximum absolute atomic E-state index is 4.29. The van der Waals surface area contributed by atoms with Gasteiger partial charge >= 0.3 is 0 Å². The average Bonchev–Trinajstić information content (AvgIpc) is 3.12. The van der Waals surface area contributed by atoms with Crippen molar-refractivity contribution in [3.63, 3.8) is 0 Å². The van der Waals surface area contributed by atoms with Gasteiger partial charge < -0.3 is 14.5 Å². The van der Waals surface area contributed by atoms with Crippen molar-refractivity contribution in [1.82, 2.24) is 29.6 Å². The van der Waals surface area contributed by atoms with Crippen LogP contribution in [0.1, 0.15) is 37.3 Å². The van der Waals surface area contributed by atoms with Crippen LogP contribution in [-0.2, 0) is 26.1 Å². The lowest BCUT2D eigenvalue weighted by Gasteiger charge is -2.14. The SMILES string of the molecule is c1cn(CCCCNCc2nnc3n2CCCC3)cn1. The molecule has 1 aliphatic rings. The molecule has 0 radical (unpaired) electrons. The first-order valence-electron chi connectivity index (χ1n) is 7.51. The van der Waals surface area contributed by atoms with Crippen LogP contribution in [0, 0.1) is 0 Å². The van der Waals surface area contributed by atoms with Gasteiger partial charge in [-0.15, -0.1) is 10.2 Å². The first-order chi connectivity index (χ1) is 9.93. The Morgan fingerprint density at radius 3 is 3.10 bits per heavy atom. The fourth-order valence-electron chi connectivity index (χ4n) is 2.66. The lowest BCUT2D eigenvalue weighted by atomic mass is 10.2.